The highest BCUT2D eigenvalue weighted by atomic mass is 16.2. The molecule has 0 aromatic heterocycles. The highest BCUT2D eigenvalue weighted by Gasteiger charge is 2.48. The lowest BCUT2D eigenvalue weighted by Gasteiger charge is -2.45. The molecular formula is C17H21N3O. The molecule has 2 aliphatic rings. The summed E-state index contributed by atoms with van der Waals surface area (Å²) in [4.78, 5) is 17.1. The summed E-state index contributed by atoms with van der Waals surface area (Å²) in [5.74, 6) is 0.0400. The zero-order valence-electron chi connectivity index (χ0n) is 12.5. The standard InChI is InChI=1S/C17H21N3O/c1-19-10-11-20(16(21)17(13-18)8-5-9-17)15(12-19)14-6-3-2-4-7-14/h2-4,6-7,15H,5,8-12H2,1H3. The zero-order chi connectivity index (χ0) is 14.9. The van der Waals surface area contributed by atoms with E-state index in [2.05, 4.69) is 30.1 Å². The van der Waals surface area contributed by atoms with Crippen LogP contribution in [0.4, 0.5) is 0 Å². The smallest absolute Gasteiger partial charge is 0.243 e. The summed E-state index contributed by atoms with van der Waals surface area (Å²) >= 11 is 0. The second-order valence-corrected chi connectivity index (χ2v) is 6.23. The van der Waals surface area contributed by atoms with E-state index in [9.17, 15) is 10.1 Å². The summed E-state index contributed by atoms with van der Waals surface area (Å²) in [5, 5.41) is 9.44. The maximum absolute atomic E-state index is 12.9. The van der Waals surface area contributed by atoms with E-state index in [4.69, 9.17) is 0 Å². The Kier molecular flexibility index (Phi) is 3.69. The number of carbonyl (C=O) groups is 1. The summed E-state index contributed by atoms with van der Waals surface area (Å²) in [7, 11) is 2.08. The second-order valence-electron chi connectivity index (χ2n) is 6.23. The van der Waals surface area contributed by atoms with Crippen LogP contribution in [0.2, 0.25) is 0 Å². The van der Waals surface area contributed by atoms with Gasteiger partial charge in [-0.25, -0.2) is 0 Å². The van der Waals surface area contributed by atoms with E-state index >= 15 is 0 Å². The molecule has 1 amide bonds. The maximum atomic E-state index is 12.9. The van der Waals surface area contributed by atoms with Crippen molar-refractivity contribution in [3.63, 3.8) is 0 Å². The van der Waals surface area contributed by atoms with Gasteiger partial charge in [-0.1, -0.05) is 30.3 Å². The van der Waals surface area contributed by atoms with Crippen LogP contribution in [0.1, 0.15) is 30.9 Å². The fourth-order valence-electron chi connectivity index (χ4n) is 3.30. The third-order valence-electron chi connectivity index (χ3n) is 4.86. The first-order valence-corrected chi connectivity index (χ1v) is 7.62. The van der Waals surface area contributed by atoms with Crippen molar-refractivity contribution < 1.29 is 4.79 Å². The SMILES string of the molecule is CN1CCN(C(=O)C2(C#N)CCC2)C(c2ccccc2)C1. The monoisotopic (exact) mass is 283 g/mol. The Morgan fingerprint density at radius 3 is 2.57 bits per heavy atom. The van der Waals surface area contributed by atoms with Crippen molar-refractivity contribution in [2.24, 2.45) is 5.41 Å². The van der Waals surface area contributed by atoms with Crippen molar-refractivity contribution in [2.75, 3.05) is 26.7 Å². The molecule has 0 N–H and O–H groups in total. The quantitative estimate of drug-likeness (QED) is 0.836. The molecule has 4 nitrogen and oxygen atoms in total. The van der Waals surface area contributed by atoms with Crippen molar-refractivity contribution in [1.29, 1.82) is 5.26 Å². The summed E-state index contributed by atoms with van der Waals surface area (Å²) in [6, 6.07) is 12.5. The van der Waals surface area contributed by atoms with Gasteiger partial charge < -0.3 is 9.80 Å². The lowest BCUT2D eigenvalue weighted by molar-refractivity contribution is -0.148. The third kappa shape index (κ3) is 2.43. The number of likely N-dealkylation sites (N-methyl/N-ethyl adjacent to an activating group) is 1. The number of nitrogens with zero attached hydrogens (tertiary/aromatic N) is 3. The van der Waals surface area contributed by atoms with E-state index in [0.717, 1.165) is 37.9 Å². The molecule has 0 radical (unpaired) electrons. The predicted molar refractivity (Wildman–Crippen MR) is 80.3 cm³/mol. The summed E-state index contributed by atoms with van der Waals surface area (Å²) < 4.78 is 0. The first kappa shape index (κ1) is 14.1. The second kappa shape index (κ2) is 5.50. The number of hydrogen-bond donors (Lipinski definition) is 0. The molecule has 0 spiro atoms. The van der Waals surface area contributed by atoms with E-state index < -0.39 is 5.41 Å². The molecule has 110 valence electrons. The molecule has 1 aliphatic carbocycles. The van der Waals surface area contributed by atoms with E-state index in [0.29, 0.717) is 6.54 Å². The molecule has 4 heteroatoms. The van der Waals surface area contributed by atoms with Crippen LogP contribution in [0.3, 0.4) is 0 Å². The van der Waals surface area contributed by atoms with Crippen LogP contribution in [-0.2, 0) is 4.79 Å². The third-order valence-corrected chi connectivity index (χ3v) is 4.86. The molecule has 1 heterocycles. The van der Waals surface area contributed by atoms with Gasteiger partial charge in [-0.15, -0.1) is 0 Å². The summed E-state index contributed by atoms with van der Waals surface area (Å²) in [5.41, 5.74) is 0.410. The van der Waals surface area contributed by atoms with Crippen molar-refractivity contribution in [3.05, 3.63) is 35.9 Å². The number of carbonyl (C=O) groups excluding carboxylic acids is 1. The van der Waals surface area contributed by atoms with Gasteiger partial charge >= 0.3 is 0 Å². The number of hydrogen-bond acceptors (Lipinski definition) is 3. The topological polar surface area (TPSA) is 47.3 Å². The molecular weight excluding hydrogens is 262 g/mol. The van der Waals surface area contributed by atoms with Crippen molar-refractivity contribution in [1.82, 2.24) is 9.80 Å². The van der Waals surface area contributed by atoms with E-state index in [1.54, 1.807) is 0 Å². The Bertz CT molecular complexity index is 559. The van der Waals surface area contributed by atoms with Crippen LogP contribution in [-0.4, -0.2) is 42.4 Å². The minimum absolute atomic E-state index is 0.0400. The maximum Gasteiger partial charge on any atom is 0.243 e. The van der Waals surface area contributed by atoms with Gasteiger partial charge in [0.15, 0.2) is 0 Å². The largest absolute Gasteiger partial charge is 0.332 e. The lowest BCUT2D eigenvalue weighted by atomic mass is 9.68. The van der Waals surface area contributed by atoms with Crippen molar-refractivity contribution >= 4 is 5.91 Å². The van der Waals surface area contributed by atoms with Gasteiger partial charge in [0.2, 0.25) is 5.91 Å². The lowest BCUT2D eigenvalue weighted by Crippen LogP contribution is -2.55. The Morgan fingerprint density at radius 2 is 2.00 bits per heavy atom. The molecule has 1 aromatic rings. The molecule has 2 fully saturated rings. The number of nitriles is 1. The van der Waals surface area contributed by atoms with Crippen LogP contribution in [0, 0.1) is 16.7 Å². The number of rotatable bonds is 2. The Labute approximate surface area is 126 Å². The molecule has 1 aromatic carbocycles. The van der Waals surface area contributed by atoms with Crippen LogP contribution in [0.25, 0.3) is 0 Å². The first-order chi connectivity index (χ1) is 10.2. The number of piperazine rings is 1. The van der Waals surface area contributed by atoms with Crippen LogP contribution < -0.4 is 0 Å². The molecule has 1 atom stereocenters. The Balaban J connectivity index is 1.88. The molecule has 1 aliphatic heterocycles. The first-order valence-electron chi connectivity index (χ1n) is 7.62. The highest BCUT2D eigenvalue weighted by molar-refractivity contribution is 5.87. The van der Waals surface area contributed by atoms with Crippen LogP contribution in [0.5, 0.6) is 0 Å². The molecule has 1 saturated carbocycles. The molecule has 0 bridgehead atoms. The van der Waals surface area contributed by atoms with Crippen molar-refractivity contribution in [2.45, 2.75) is 25.3 Å². The highest BCUT2D eigenvalue weighted by Crippen LogP contribution is 2.43. The molecule has 1 unspecified atom stereocenters. The van der Waals surface area contributed by atoms with Gasteiger partial charge in [0.1, 0.15) is 5.41 Å². The number of benzene rings is 1. The van der Waals surface area contributed by atoms with Gasteiger partial charge in [0, 0.05) is 19.6 Å². The average Bonchev–Trinajstić information content (AvgIpc) is 2.47. The van der Waals surface area contributed by atoms with Crippen molar-refractivity contribution in [3.8, 4) is 6.07 Å². The minimum Gasteiger partial charge on any atom is -0.332 e. The summed E-state index contributed by atoms with van der Waals surface area (Å²) in [6.45, 7) is 2.41. The summed E-state index contributed by atoms with van der Waals surface area (Å²) in [6.07, 6.45) is 2.43. The zero-order valence-corrected chi connectivity index (χ0v) is 12.5. The van der Waals surface area contributed by atoms with Crippen LogP contribution >= 0.6 is 0 Å². The molecule has 1 saturated heterocycles. The molecule has 21 heavy (non-hydrogen) atoms. The average molecular weight is 283 g/mol. The van der Waals surface area contributed by atoms with Gasteiger partial charge in [-0.3, -0.25) is 4.79 Å². The Morgan fingerprint density at radius 1 is 1.29 bits per heavy atom. The van der Waals surface area contributed by atoms with Gasteiger partial charge in [-0.2, -0.15) is 5.26 Å². The van der Waals surface area contributed by atoms with E-state index in [1.165, 1.54) is 0 Å². The molecule has 3 rings (SSSR count). The fraction of sp³-hybridized carbons (Fsp3) is 0.529. The fourth-order valence-corrected chi connectivity index (χ4v) is 3.30. The van der Waals surface area contributed by atoms with Crippen LogP contribution in [0.15, 0.2) is 30.3 Å². The van der Waals surface area contributed by atoms with Gasteiger partial charge in [-0.05, 0) is 31.9 Å². The Hall–Kier alpha value is -1.86. The predicted octanol–water partition coefficient (Wildman–Crippen LogP) is 2.20. The van der Waals surface area contributed by atoms with E-state index in [1.807, 2.05) is 23.1 Å². The van der Waals surface area contributed by atoms with Gasteiger partial charge in [0.25, 0.3) is 0 Å². The minimum atomic E-state index is -0.747. The number of amides is 1. The normalized spacial score (nSPS) is 25.0. The van der Waals surface area contributed by atoms with Gasteiger partial charge in [0.05, 0.1) is 12.1 Å². The van der Waals surface area contributed by atoms with E-state index in [-0.39, 0.29) is 11.9 Å².